The molecule has 0 unspecified atom stereocenters. The summed E-state index contributed by atoms with van der Waals surface area (Å²) in [7, 11) is 0. The van der Waals surface area contributed by atoms with Crippen molar-refractivity contribution in [3.63, 3.8) is 0 Å². The Bertz CT molecular complexity index is 1060. The Morgan fingerprint density at radius 2 is 1.74 bits per heavy atom. The number of anilines is 2. The van der Waals surface area contributed by atoms with Gasteiger partial charge in [-0.3, -0.25) is 9.36 Å². The molecule has 0 atom stereocenters. The Labute approximate surface area is 206 Å². The van der Waals surface area contributed by atoms with Gasteiger partial charge >= 0.3 is 0 Å². The highest BCUT2D eigenvalue weighted by atomic mass is 32.2. The summed E-state index contributed by atoms with van der Waals surface area (Å²) < 4.78 is 7.67. The monoisotopic (exact) mass is 481 g/mol. The molecule has 0 radical (unpaired) electrons. The number of furan rings is 1. The number of carbonyl (C=O) groups is 1. The van der Waals surface area contributed by atoms with E-state index in [4.69, 9.17) is 4.42 Å². The van der Waals surface area contributed by atoms with E-state index in [2.05, 4.69) is 70.9 Å². The van der Waals surface area contributed by atoms with E-state index in [1.807, 2.05) is 12.1 Å². The maximum Gasteiger partial charge on any atom is 0.234 e. The van der Waals surface area contributed by atoms with Crippen LogP contribution in [0.4, 0.5) is 11.6 Å². The first-order chi connectivity index (χ1) is 16.4. The van der Waals surface area contributed by atoms with Gasteiger partial charge in [-0.2, -0.15) is 0 Å². The number of amides is 1. The molecule has 0 saturated carbocycles. The first-order valence-corrected chi connectivity index (χ1v) is 13.2. The van der Waals surface area contributed by atoms with Crippen molar-refractivity contribution in [1.29, 1.82) is 0 Å². The fourth-order valence-corrected chi connectivity index (χ4v) is 5.15. The van der Waals surface area contributed by atoms with Crippen molar-refractivity contribution in [2.45, 2.75) is 70.5 Å². The molecule has 1 aliphatic rings. The van der Waals surface area contributed by atoms with Crippen LogP contribution in [-0.4, -0.2) is 39.5 Å². The summed E-state index contributed by atoms with van der Waals surface area (Å²) in [6.45, 7) is 11.1. The maximum atomic E-state index is 13.1. The van der Waals surface area contributed by atoms with Crippen LogP contribution >= 0.6 is 11.8 Å². The zero-order valence-corrected chi connectivity index (χ0v) is 21.4. The Kier molecular flexibility index (Phi) is 7.98. The molecule has 1 N–H and O–H groups in total. The second-order valence-corrected chi connectivity index (χ2v) is 10.4. The highest BCUT2D eigenvalue weighted by Gasteiger charge is 2.22. The minimum atomic E-state index is -0.0351. The van der Waals surface area contributed by atoms with Gasteiger partial charge in [0.15, 0.2) is 5.16 Å². The molecule has 3 aromatic rings. The van der Waals surface area contributed by atoms with Crippen LogP contribution < -0.4 is 10.2 Å². The van der Waals surface area contributed by atoms with Gasteiger partial charge in [-0.05, 0) is 54.4 Å². The average Bonchev–Trinajstić information content (AvgIpc) is 3.48. The summed E-state index contributed by atoms with van der Waals surface area (Å²) in [5.41, 5.74) is 3.28. The topological polar surface area (TPSA) is 76.2 Å². The number of thioether (sulfide) groups is 1. The fraction of sp³-hybridized carbons (Fsp3) is 0.500. The van der Waals surface area contributed by atoms with E-state index >= 15 is 0 Å². The number of nitrogens with zero attached hydrogens (tertiary/aromatic N) is 4. The smallest absolute Gasteiger partial charge is 0.234 e. The third-order valence-corrected chi connectivity index (χ3v) is 7.17. The van der Waals surface area contributed by atoms with Gasteiger partial charge in [-0.25, -0.2) is 0 Å². The summed E-state index contributed by atoms with van der Waals surface area (Å²) in [6.07, 6.45) is 5.25. The molecule has 0 spiro atoms. The number of hydrogen-bond acceptors (Lipinski definition) is 6. The number of para-hydroxylation sites is 1. The van der Waals surface area contributed by atoms with Gasteiger partial charge in [0.25, 0.3) is 0 Å². The zero-order valence-electron chi connectivity index (χ0n) is 20.6. The molecule has 1 aromatic carbocycles. The number of benzene rings is 1. The molecule has 0 aliphatic carbocycles. The Morgan fingerprint density at radius 1 is 1.03 bits per heavy atom. The van der Waals surface area contributed by atoms with Crippen LogP contribution in [0.3, 0.4) is 0 Å². The molecular weight excluding hydrogens is 446 g/mol. The molecule has 4 rings (SSSR count). The SMILES string of the molecule is CC(C)c1cccc(C(C)C)c1NC(=O)CSc1nnc(N2CCCCC2)n1Cc1ccco1. The van der Waals surface area contributed by atoms with E-state index in [-0.39, 0.29) is 11.7 Å². The first-order valence-electron chi connectivity index (χ1n) is 12.2. The van der Waals surface area contributed by atoms with Crippen molar-refractivity contribution in [3.05, 3.63) is 53.5 Å². The van der Waals surface area contributed by atoms with Crippen molar-refractivity contribution in [2.75, 3.05) is 29.1 Å². The van der Waals surface area contributed by atoms with Crippen LogP contribution in [0.5, 0.6) is 0 Å². The van der Waals surface area contributed by atoms with Crippen LogP contribution in [0.15, 0.2) is 46.2 Å². The second-order valence-electron chi connectivity index (χ2n) is 9.45. The number of aromatic nitrogens is 3. The summed E-state index contributed by atoms with van der Waals surface area (Å²) >= 11 is 1.42. The van der Waals surface area contributed by atoms with Crippen LogP contribution in [0.2, 0.25) is 0 Å². The van der Waals surface area contributed by atoms with Crippen LogP contribution in [0.25, 0.3) is 0 Å². The van der Waals surface area contributed by atoms with E-state index in [1.165, 1.54) is 18.2 Å². The number of hydrogen-bond donors (Lipinski definition) is 1. The lowest BCUT2D eigenvalue weighted by Gasteiger charge is -2.27. The molecule has 34 heavy (non-hydrogen) atoms. The van der Waals surface area contributed by atoms with E-state index in [9.17, 15) is 4.79 Å². The van der Waals surface area contributed by atoms with Crippen molar-refractivity contribution in [2.24, 2.45) is 0 Å². The van der Waals surface area contributed by atoms with Crippen molar-refractivity contribution in [1.82, 2.24) is 14.8 Å². The molecule has 1 amide bonds. The number of nitrogens with one attached hydrogen (secondary N) is 1. The van der Waals surface area contributed by atoms with Crippen molar-refractivity contribution < 1.29 is 9.21 Å². The first kappa shape index (κ1) is 24.4. The lowest BCUT2D eigenvalue weighted by atomic mass is 9.92. The highest BCUT2D eigenvalue weighted by molar-refractivity contribution is 7.99. The molecule has 182 valence electrons. The molecule has 3 heterocycles. The Morgan fingerprint density at radius 3 is 2.35 bits per heavy atom. The lowest BCUT2D eigenvalue weighted by molar-refractivity contribution is -0.113. The molecular formula is C26H35N5O2S. The van der Waals surface area contributed by atoms with E-state index in [0.717, 1.165) is 59.6 Å². The third kappa shape index (κ3) is 5.66. The standard InChI is InChI=1S/C26H35N5O2S/c1-18(2)21-11-8-12-22(19(3)4)24(21)27-23(32)17-34-26-29-28-25(30-13-6-5-7-14-30)31(26)16-20-10-9-15-33-20/h8-12,15,18-19H,5-7,13-14,16-17H2,1-4H3,(H,27,32). The van der Waals surface area contributed by atoms with Gasteiger partial charge < -0.3 is 14.6 Å². The van der Waals surface area contributed by atoms with E-state index in [1.54, 1.807) is 6.26 Å². The molecule has 1 fully saturated rings. The third-order valence-electron chi connectivity index (χ3n) is 6.20. The highest BCUT2D eigenvalue weighted by Crippen LogP contribution is 2.33. The van der Waals surface area contributed by atoms with E-state index < -0.39 is 0 Å². The predicted molar refractivity (Wildman–Crippen MR) is 138 cm³/mol. The minimum Gasteiger partial charge on any atom is -0.467 e. The normalized spacial score (nSPS) is 14.2. The van der Waals surface area contributed by atoms with Gasteiger partial charge in [0, 0.05) is 18.8 Å². The molecule has 8 heteroatoms. The molecule has 2 aromatic heterocycles. The van der Waals surface area contributed by atoms with Gasteiger partial charge in [-0.1, -0.05) is 57.7 Å². The fourth-order valence-electron chi connectivity index (χ4n) is 4.41. The molecule has 0 bridgehead atoms. The van der Waals surface area contributed by atoms with E-state index in [0.29, 0.717) is 18.4 Å². The Balaban J connectivity index is 1.51. The quantitative estimate of drug-likeness (QED) is 0.384. The Hall–Kier alpha value is -2.74. The van der Waals surface area contributed by atoms with Crippen LogP contribution in [0, 0.1) is 0 Å². The summed E-state index contributed by atoms with van der Waals surface area (Å²) in [5.74, 6) is 2.57. The van der Waals surface area contributed by atoms with Gasteiger partial charge in [0.1, 0.15) is 5.76 Å². The van der Waals surface area contributed by atoms with Crippen LogP contribution in [0.1, 0.15) is 75.7 Å². The summed E-state index contributed by atoms with van der Waals surface area (Å²) in [4.78, 5) is 15.3. The molecule has 7 nitrogen and oxygen atoms in total. The summed E-state index contributed by atoms with van der Waals surface area (Å²) in [5, 5.41) is 12.9. The van der Waals surface area contributed by atoms with Gasteiger partial charge in [-0.15, -0.1) is 10.2 Å². The molecule has 1 aliphatic heterocycles. The minimum absolute atomic E-state index is 0.0351. The van der Waals surface area contributed by atoms with Crippen molar-refractivity contribution in [3.8, 4) is 0 Å². The zero-order chi connectivity index (χ0) is 24.1. The predicted octanol–water partition coefficient (Wildman–Crippen LogP) is 5.89. The maximum absolute atomic E-state index is 13.1. The number of carbonyl (C=O) groups excluding carboxylic acids is 1. The van der Waals surface area contributed by atoms with Crippen molar-refractivity contribution >= 4 is 29.3 Å². The number of rotatable bonds is 9. The number of piperidine rings is 1. The van der Waals surface area contributed by atoms with Gasteiger partial charge in [0.2, 0.25) is 11.9 Å². The second kappa shape index (κ2) is 11.1. The molecule has 1 saturated heterocycles. The lowest BCUT2D eigenvalue weighted by Crippen LogP contribution is -2.32. The average molecular weight is 482 g/mol. The summed E-state index contributed by atoms with van der Waals surface area (Å²) in [6, 6.07) is 10.1. The van der Waals surface area contributed by atoms with Gasteiger partial charge in [0.05, 0.1) is 18.6 Å². The largest absolute Gasteiger partial charge is 0.467 e. The van der Waals surface area contributed by atoms with Crippen LogP contribution in [-0.2, 0) is 11.3 Å².